The van der Waals surface area contributed by atoms with E-state index in [1.54, 1.807) is 0 Å². The van der Waals surface area contributed by atoms with Crippen molar-refractivity contribution in [2.45, 2.75) is 25.7 Å². The molecule has 1 aromatic rings. The van der Waals surface area contributed by atoms with Crippen molar-refractivity contribution in [2.24, 2.45) is 0 Å². The molecule has 1 N–H and O–H groups in total. The van der Waals surface area contributed by atoms with Crippen molar-refractivity contribution >= 4 is 5.91 Å². The molecular weight excluding hydrogens is 202 g/mol. The predicted octanol–water partition coefficient (Wildman–Crippen LogP) is 2.08. The first-order valence-electron chi connectivity index (χ1n) is 5.79. The number of carbonyl (C=O) groups excluding carboxylic acids is 1. The molecule has 0 radical (unpaired) electrons. The summed E-state index contributed by atoms with van der Waals surface area (Å²) in [5, 5.41) is 2.85. The van der Waals surface area contributed by atoms with Crippen molar-refractivity contribution in [1.29, 1.82) is 0 Å². The Morgan fingerprint density at radius 3 is 2.69 bits per heavy atom. The van der Waals surface area contributed by atoms with E-state index in [-0.39, 0.29) is 5.91 Å². The lowest BCUT2D eigenvalue weighted by atomic mass is 9.98. The molecule has 3 nitrogen and oxygen atoms in total. The van der Waals surface area contributed by atoms with Crippen LogP contribution in [0.25, 0.3) is 0 Å². The highest BCUT2D eigenvalue weighted by molar-refractivity contribution is 5.79. The van der Waals surface area contributed by atoms with Gasteiger partial charge in [0.25, 0.3) is 0 Å². The third-order valence-corrected chi connectivity index (χ3v) is 2.80. The molecule has 2 rings (SSSR count). The monoisotopic (exact) mass is 219 g/mol. The third-order valence-electron chi connectivity index (χ3n) is 2.80. The maximum absolute atomic E-state index is 11.1. The third kappa shape index (κ3) is 2.54. The molecule has 0 aromatic heterocycles. The summed E-state index contributed by atoms with van der Waals surface area (Å²) in [5.74, 6) is 1.38. The van der Waals surface area contributed by atoms with Gasteiger partial charge in [-0.25, -0.2) is 0 Å². The van der Waals surface area contributed by atoms with Crippen molar-refractivity contribution in [3.63, 3.8) is 0 Å². The van der Waals surface area contributed by atoms with Gasteiger partial charge in [-0.15, -0.1) is 0 Å². The van der Waals surface area contributed by atoms with Crippen molar-refractivity contribution in [3.05, 3.63) is 29.8 Å². The van der Waals surface area contributed by atoms with Gasteiger partial charge in [-0.1, -0.05) is 19.1 Å². The van der Waals surface area contributed by atoms with E-state index in [9.17, 15) is 4.79 Å². The standard InChI is InChI=1S/C13H17NO2/c1-2-7-16-12-5-3-10(4-6-12)11-8-13(15)14-9-11/h3-6,11H,2,7-9H2,1H3,(H,14,15)/t11-/m1/s1. The quantitative estimate of drug-likeness (QED) is 0.842. The minimum absolute atomic E-state index is 0.149. The fraction of sp³-hybridized carbons (Fsp3) is 0.462. The van der Waals surface area contributed by atoms with E-state index in [1.165, 1.54) is 5.56 Å². The van der Waals surface area contributed by atoms with Crippen molar-refractivity contribution in [2.75, 3.05) is 13.2 Å². The van der Waals surface area contributed by atoms with Crippen LogP contribution in [0.3, 0.4) is 0 Å². The van der Waals surface area contributed by atoms with Crippen LogP contribution >= 0.6 is 0 Å². The van der Waals surface area contributed by atoms with Crippen LogP contribution in [0.1, 0.15) is 31.2 Å². The molecule has 0 aliphatic carbocycles. The van der Waals surface area contributed by atoms with Gasteiger partial charge in [-0.05, 0) is 24.1 Å². The number of hydrogen-bond donors (Lipinski definition) is 1. The van der Waals surface area contributed by atoms with Crippen LogP contribution < -0.4 is 10.1 Å². The molecule has 1 aliphatic heterocycles. The smallest absolute Gasteiger partial charge is 0.220 e. The maximum Gasteiger partial charge on any atom is 0.220 e. The summed E-state index contributed by atoms with van der Waals surface area (Å²) in [7, 11) is 0. The second-order valence-corrected chi connectivity index (χ2v) is 4.12. The topological polar surface area (TPSA) is 38.3 Å². The minimum atomic E-state index is 0.149. The van der Waals surface area contributed by atoms with Crippen molar-refractivity contribution in [3.8, 4) is 5.75 Å². The zero-order valence-corrected chi connectivity index (χ0v) is 9.53. The van der Waals surface area contributed by atoms with Gasteiger partial charge in [-0.2, -0.15) is 0 Å². The van der Waals surface area contributed by atoms with Crippen molar-refractivity contribution < 1.29 is 9.53 Å². The number of carbonyl (C=O) groups is 1. The Labute approximate surface area is 95.8 Å². The lowest BCUT2D eigenvalue weighted by molar-refractivity contribution is -0.119. The van der Waals surface area contributed by atoms with Crippen LogP contribution in [0, 0.1) is 0 Å². The van der Waals surface area contributed by atoms with Gasteiger partial charge in [0.15, 0.2) is 0 Å². The fourth-order valence-electron chi connectivity index (χ4n) is 1.90. The average molecular weight is 219 g/mol. The first-order chi connectivity index (χ1) is 7.79. The zero-order valence-electron chi connectivity index (χ0n) is 9.53. The molecule has 1 fully saturated rings. The molecule has 1 aromatic carbocycles. The van der Waals surface area contributed by atoms with Crippen molar-refractivity contribution in [1.82, 2.24) is 5.32 Å². The highest BCUT2D eigenvalue weighted by Crippen LogP contribution is 2.24. The molecule has 0 spiro atoms. The maximum atomic E-state index is 11.1. The molecule has 0 unspecified atom stereocenters. The molecule has 3 heteroatoms. The highest BCUT2D eigenvalue weighted by Gasteiger charge is 2.22. The molecule has 0 saturated carbocycles. The van der Waals surface area contributed by atoms with Gasteiger partial charge in [-0.3, -0.25) is 4.79 Å². The van der Waals surface area contributed by atoms with Gasteiger partial charge >= 0.3 is 0 Å². The Hall–Kier alpha value is -1.51. The Morgan fingerprint density at radius 1 is 1.38 bits per heavy atom. The van der Waals surface area contributed by atoms with E-state index in [1.807, 2.05) is 12.1 Å². The number of rotatable bonds is 4. The molecule has 0 bridgehead atoms. The largest absolute Gasteiger partial charge is 0.494 e. The summed E-state index contributed by atoms with van der Waals surface area (Å²) in [4.78, 5) is 11.1. The summed E-state index contributed by atoms with van der Waals surface area (Å²) in [5.41, 5.74) is 1.21. The zero-order chi connectivity index (χ0) is 11.4. The van der Waals surface area contributed by atoms with Gasteiger partial charge in [0.2, 0.25) is 5.91 Å². The molecule has 1 saturated heterocycles. The van der Waals surface area contributed by atoms with Crippen LogP contribution in [0.5, 0.6) is 5.75 Å². The summed E-state index contributed by atoms with van der Waals surface area (Å²) >= 11 is 0. The summed E-state index contributed by atoms with van der Waals surface area (Å²) in [6.07, 6.45) is 1.62. The molecule has 1 amide bonds. The average Bonchev–Trinajstić information content (AvgIpc) is 2.74. The van der Waals surface area contributed by atoms with E-state index in [0.29, 0.717) is 12.3 Å². The van der Waals surface area contributed by atoms with Crippen LogP contribution in [0.2, 0.25) is 0 Å². The normalized spacial score (nSPS) is 19.6. The van der Waals surface area contributed by atoms with Crippen LogP contribution in [0.15, 0.2) is 24.3 Å². The summed E-state index contributed by atoms with van der Waals surface area (Å²) in [6, 6.07) is 8.06. The van der Waals surface area contributed by atoms with Gasteiger partial charge < -0.3 is 10.1 Å². The second-order valence-electron chi connectivity index (χ2n) is 4.12. The molecule has 1 aliphatic rings. The predicted molar refractivity (Wildman–Crippen MR) is 62.6 cm³/mol. The number of benzene rings is 1. The van der Waals surface area contributed by atoms with E-state index in [2.05, 4.69) is 24.4 Å². The Bertz CT molecular complexity index is 359. The Kier molecular flexibility index (Phi) is 3.44. The van der Waals surface area contributed by atoms with E-state index >= 15 is 0 Å². The van der Waals surface area contributed by atoms with Crippen LogP contribution in [0.4, 0.5) is 0 Å². The lowest BCUT2D eigenvalue weighted by Crippen LogP contribution is -2.13. The minimum Gasteiger partial charge on any atom is -0.494 e. The van der Waals surface area contributed by atoms with E-state index < -0.39 is 0 Å². The number of amides is 1. The molecule has 86 valence electrons. The number of nitrogens with one attached hydrogen (secondary N) is 1. The van der Waals surface area contributed by atoms with Crippen LogP contribution in [-0.2, 0) is 4.79 Å². The molecule has 1 atom stereocenters. The van der Waals surface area contributed by atoms with Gasteiger partial charge in [0.1, 0.15) is 5.75 Å². The summed E-state index contributed by atoms with van der Waals surface area (Å²) in [6.45, 7) is 3.60. The van der Waals surface area contributed by atoms with E-state index in [4.69, 9.17) is 4.74 Å². The van der Waals surface area contributed by atoms with E-state index in [0.717, 1.165) is 25.3 Å². The van der Waals surface area contributed by atoms with Gasteiger partial charge in [0, 0.05) is 18.9 Å². The molecule has 16 heavy (non-hydrogen) atoms. The number of ether oxygens (including phenoxy) is 1. The Balaban J connectivity index is 1.99. The highest BCUT2D eigenvalue weighted by atomic mass is 16.5. The SMILES string of the molecule is CCCOc1ccc([C@H]2CNC(=O)C2)cc1. The molecular formula is C13H17NO2. The first-order valence-corrected chi connectivity index (χ1v) is 5.79. The Morgan fingerprint density at radius 2 is 2.12 bits per heavy atom. The summed E-state index contributed by atoms with van der Waals surface area (Å²) < 4.78 is 5.51. The van der Waals surface area contributed by atoms with Crippen LogP contribution in [-0.4, -0.2) is 19.1 Å². The first kappa shape index (κ1) is 11.0. The fourth-order valence-corrected chi connectivity index (χ4v) is 1.90. The second kappa shape index (κ2) is 5.01. The number of hydrogen-bond acceptors (Lipinski definition) is 2. The lowest BCUT2D eigenvalue weighted by Gasteiger charge is -2.09. The molecule has 1 heterocycles. The van der Waals surface area contributed by atoms with Gasteiger partial charge in [0.05, 0.1) is 6.61 Å².